The number of nitriles is 2. The van der Waals surface area contributed by atoms with Crippen LogP contribution < -0.4 is 43.8 Å². The van der Waals surface area contributed by atoms with E-state index in [2.05, 4.69) is 22.1 Å². The van der Waals surface area contributed by atoms with Gasteiger partial charge in [0.2, 0.25) is 5.91 Å². The predicted octanol–water partition coefficient (Wildman–Crippen LogP) is 3.41. The largest absolute Gasteiger partial charge is 1.00 e. The predicted molar refractivity (Wildman–Crippen MR) is 179 cm³/mol. The van der Waals surface area contributed by atoms with Crippen LogP contribution in [0.4, 0.5) is 0 Å². The number of amides is 1. The third kappa shape index (κ3) is 7.87. The normalized spacial score (nSPS) is 11.1. The standard InChI is InChI=1S/C19H15N3O2.C18H16N3O.HI/c1-24-15-5-6-18-16(9-15)17(11-22-18)14(10-20)8-12-3-2-4-13(7-12)19(21)23;1-21-7-3-4-13(12-21)8-14(10-19)17-11-20-18-6-5-15(22-2)9-16(17)18;/h2-9,11,22H,1H3,(H2,21,23);3-9,11-12,20H,1-2H3;1H/q;+1;/p-1/b2*14-8+;. The molecule has 9 nitrogen and oxygen atoms in total. The molecule has 0 aliphatic rings. The van der Waals surface area contributed by atoms with Crippen molar-refractivity contribution in [2.75, 3.05) is 14.2 Å². The van der Waals surface area contributed by atoms with E-state index in [4.69, 9.17) is 15.2 Å². The third-order valence-corrected chi connectivity index (χ3v) is 7.35. The Labute approximate surface area is 289 Å². The van der Waals surface area contributed by atoms with Crippen molar-refractivity contribution in [3.05, 3.63) is 125 Å². The summed E-state index contributed by atoms with van der Waals surface area (Å²) in [5.41, 5.74) is 12.1. The van der Waals surface area contributed by atoms with Gasteiger partial charge < -0.3 is 49.2 Å². The molecule has 0 fully saturated rings. The molecule has 0 aliphatic carbocycles. The number of nitrogens with one attached hydrogen (secondary N) is 2. The summed E-state index contributed by atoms with van der Waals surface area (Å²) in [6, 6.07) is 26.7. The van der Waals surface area contributed by atoms with Gasteiger partial charge >= 0.3 is 0 Å². The first-order chi connectivity index (χ1) is 22.3. The van der Waals surface area contributed by atoms with Gasteiger partial charge in [0.1, 0.15) is 18.5 Å². The topological polar surface area (TPSA) is 145 Å². The number of hydrogen-bond donors (Lipinski definition) is 3. The number of carbonyl (C=O) groups excluding carboxylic acids is 1. The minimum Gasteiger partial charge on any atom is -1.00 e. The van der Waals surface area contributed by atoms with E-state index >= 15 is 0 Å². The number of methoxy groups -OCH3 is 2. The fourth-order valence-corrected chi connectivity index (χ4v) is 5.05. The molecule has 3 aromatic carbocycles. The number of pyridine rings is 1. The Morgan fingerprint density at radius 1 is 0.787 bits per heavy atom. The molecule has 3 heterocycles. The number of benzene rings is 3. The molecule has 6 aromatic rings. The average molecular weight is 735 g/mol. The number of aryl methyl sites for hydroxylation is 1. The molecule has 0 spiro atoms. The first-order valence-electron chi connectivity index (χ1n) is 14.2. The lowest BCUT2D eigenvalue weighted by Gasteiger charge is -2.02. The van der Waals surface area contributed by atoms with Crippen LogP contribution in [0.5, 0.6) is 11.5 Å². The van der Waals surface area contributed by atoms with Crippen molar-refractivity contribution in [2.45, 2.75) is 0 Å². The van der Waals surface area contributed by atoms with Gasteiger partial charge in [0.25, 0.3) is 0 Å². The fraction of sp³-hybridized carbons (Fsp3) is 0.0811. The summed E-state index contributed by atoms with van der Waals surface area (Å²) < 4.78 is 12.5. The van der Waals surface area contributed by atoms with Crippen molar-refractivity contribution in [3.63, 3.8) is 0 Å². The van der Waals surface area contributed by atoms with Crippen LogP contribution in [0.2, 0.25) is 0 Å². The Morgan fingerprint density at radius 3 is 1.81 bits per heavy atom. The van der Waals surface area contributed by atoms with E-state index in [0.717, 1.165) is 55.6 Å². The van der Waals surface area contributed by atoms with Crippen molar-refractivity contribution in [1.82, 2.24) is 9.97 Å². The highest BCUT2D eigenvalue weighted by molar-refractivity contribution is 6.03. The van der Waals surface area contributed by atoms with Crippen LogP contribution in [0.15, 0.2) is 97.6 Å². The summed E-state index contributed by atoms with van der Waals surface area (Å²) in [5.74, 6) is 0.994. The molecule has 10 heteroatoms. The van der Waals surface area contributed by atoms with Crippen molar-refractivity contribution >= 4 is 51.0 Å². The van der Waals surface area contributed by atoms with Crippen LogP contribution in [0, 0.1) is 22.7 Å². The van der Waals surface area contributed by atoms with Crippen LogP contribution in [0.1, 0.15) is 32.6 Å². The number of halogens is 1. The molecular formula is C37H31IN6O3. The number of nitrogens with two attached hydrogens (primary N) is 1. The van der Waals surface area contributed by atoms with Crippen LogP contribution in [0.3, 0.4) is 0 Å². The highest BCUT2D eigenvalue weighted by atomic mass is 127. The van der Waals surface area contributed by atoms with Crippen molar-refractivity contribution in [2.24, 2.45) is 12.8 Å². The third-order valence-electron chi connectivity index (χ3n) is 7.35. The van der Waals surface area contributed by atoms with Gasteiger partial charge in [0.15, 0.2) is 12.4 Å². The Balaban J connectivity index is 0.000000209. The number of carbonyl (C=O) groups is 1. The minimum atomic E-state index is -0.499. The van der Waals surface area contributed by atoms with Crippen LogP contribution in [0.25, 0.3) is 45.1 Å². The van der Waals surface area contributed by atoms with Gasteiger partial charge in [-0.25, -0.2) is 4.57 Å². The molecule has 4 N–H and O–H groups in total. The van der Waals surface area contributed by atoms with E-state index in [1.807, 2.05) is 90.9 Å². The number of ether oxygens (including phenoxy) is 2. The number of aromatic amines is 2. The number of hydrogen-bond acceptors (Lipinski definition) is 5. The van der Waals surface area contributed by atoms with Crippen molar-refractivity contribution in [3.8, 4) is 23.6 Å². The van der Waals surface area contributed by atoms with E-state index in [9.17, 15) is 15.3 Å². The molecule has 234 valence electrons. The second-order valence-corrected chi connectivity index (χ2v) is 10.4. The van der Waals surface area contributed by atoms with Gasteiger partial charge in [-0.2, -0.15) is 10.5 Å². The highest BCUT2D eigenvalue weighted by Crippen LogP contribution is 2.30. The van der Waals surface area contributed by atoms with E-state index in [0.29, 0.717) is 16.7 Å². The van der Waals surface area contributed by atoms with Crippen molar-refractivity contribution in [1.29, 1.82) is 10.5 Å². The second-order valence-electron chi connectivity index (χ2n) is 10.4. The lowest BCUT2D eigenvalue weighted by Crippen LogP contribution is -3.00. The molecule has 0 saturated carbocycles. The average Bonchev–Trinajstić information content (AvgIpc) is 3.70. The Hall–Kier alpha value is -5.85. The molecule has 0 unspecified atom stereocenters. The lowest BCUT2D eigenvalue weighted by molar-refractivity contribution is -0.671. The first kappa shape index (κ1) is 34.0. The van der Waals surface area contributed by atoms with Crippen LogP contribution in [-0.2, 0) is 7.05 Å². The van der Waals surface area contributed by atoms with E-state index < -0.39 is 5.91 Å². The molecule has 6 rings (SSSR count). The number of H-pyrrole nitrogens is 2. The molecule has 0 bridgehead atoms. The SMILES string of the molecule is COc1ccc2[nH]cc(/C(C#N)=C/c3ccc[n+](C)c3)c2c1.COc1ccc2[nH]cc(/C(C#N)=C/c3cccc(C(N)=O)c3)c2c1.[I-]. The Kier molecular flexibility index (Phi) is 11.2. The molecule has 0 saturated heterocycles. The van der Waals surface area contributed by atoms with Gasteiger partial charge in [-0.3, -0.25) is 4.79 Å². The van der Waals surface area contributed by atoms with Gasteiger partial charge in [-0.05, 0) is 72.3 Å². The van der Waals surface area contributed by atoms with Gasteiger partial charge in [0.05, 0.1) is 37.5 Å². The number of fused-ring (bicyclic) bond motifs is 2. The number of primary amides is 1. The van der Waals surface area contributed by atoms with Crippen LogP contribution in [-0.4, -0.2) is 30.1 Å². The Morgan fingerprint density at radius 2 is 1.32 bits per heavy atom. The molecule has 3 aromatic heterocycles. The lowest BCUT2D eigenvalue weighted by atomic mass is 10.0. The summed E-state index contributed by atoms with van der Waals surface area (Å²) in [5, 5.41) is 21.0. The second kappa shape index (κ2) is 15.4. The molecule has 0 atom stereocenters. The monoisotopic (exact) mass is 734 g/mol. The maximum absolute atomic E-state index is 11.3. The summed E-state index contributed by atoms with van der Waals surface area (Å²) >= 11 is 0. The van der Waals surface area contributed by atoms with E-state index in [1.54, 1.807) is 44.7 Å². The van der Waals surface area contributed by atoms with Gasteiger partial charge in [0, 0.05) is 62.5 Å². The summed E-state index contributed by atoms with van der Waals surface area (Å²) in [4.78, 5) is 17.6. The zero-order valence-electron chi connectivity index (χ0n) is 25.9. The maximum Gasteiger partial charge on any atom is 0.248 e. The minimum absolute atomic E-state index is 0. The van der Waals surface area contributed by atoms with Crippen LogP contribution >= 0.6 is 0 Å². The molecule has 47 heavy (non-hydrogen) atoms. The quantitative estimate of drug-likeness (QED) is 0.131. The molecule has 0 aliphatic heterocycles. The van der Waals surface area contributed by atoms with Gasteiger partial charge in [-0.15, -0.1) is 0 Å². The fourth-order valence-electron chi connectivity index (χ4n) is 5.05. The zero-order valence-corrected chi connectivity index (χ0v) is 28.1. The summed E-state index contributed by atoms with van der Waals surface area (Å²) in [6.45, 7) is 0. The van der Waals surface area contributed by atoms with Gasteiger partial charge in [-0.1, -0.05) is 12.1 Å². The number of nitrogens with zero attached hydrogens (tertiary/aromatic N) is 3. The van der Waals surface area contributed by atoms with Crippen molar-refractivity contribution < 1.29 is 42.8 Å². The number of rotatable bonds is 7. The highest BCUT2D eigenvalue weighted by Gasteiger charge is 2.12. The first-order valence-corrected chi connectivity index (χ1v) is 14.2. The smallest absolute Gasteiger partial charge is 0.248 e. The Bertz CT molecular complexity index is 2220. The molecule has 0 radical (unpaired) electrons. The molecule has 1 amide bonds. The summed E-state index contributed by atoms with van der Waals surface area (Å²) in [6.07, 6.45) is 11.2. The maximum atomic E-state index is 11.3. The van der Waals surface area contributed by atoms with E-state index in [1.165, 1.54) is 0 Å². The molecular weight excluding hydrogens is 703 g/mol. The number of aromatic nitrogens is 3. The zero-order chi connectivity index (χ0) is 32.6. The number of allylic oxidation sites excluding steroid dienone is 2. The van der Waals surface area contributed by atoms with E-state index in [-0.39, 0.29) is 24.0 Å². The summed E-state index contributed by atoms with van der Waals surface area (Å²) in [7, 11) is 5.20.